The van der Waals surface area contributed by atoms with E-state index in [1.165, 1.54) is 0 Å². The quantitative estimate of drug-likeness (QED) is 0.795. The number of rotatable bonds is 3. The normalized spacial score (nSPS) is 10.3. The van der Waals surface area contributed by atoms with Crippen LogP contribution in [0.15, 0.2) is 67.3 Å². The van der Waals surface area contributed by atoms with Gasteiger partial charge in [-0.15, -0.1) is 0 Å². The summed E-state index contributed by atoms with van der Waals surface area (Å²) < 4.78 is 0. The molecule has 0 saturated heterocycles. The average Bonchev–Trinajstić information content (AvgIpc) is 2.56. The molecule has 2 heterocycles. The molecule has 3 rings (SSSR count). The van der Waals surface area contributed by atoms with E-state index in [0.717, 1.165) is 22.3 Å². The van der Waals surface area contributed by atoms with Gasteiger partial charge in [-0.3, -0.25) is 9.97 Å². The van der Waals surface area contributed by atoms with Crippen LogP contribution in [0.5, 0.6) is 0 Å². The third-order valence-corrected chi connectivity index (χ3v) is 3.21. The van der Waals surface area contributed by atoms with Gasteiger partial charge >= 0.3 is 5.97 Å². The first-order valence-corrected chi connectivity index (χ1v) is 6.44. The van der Waals surface area contributed by atoms with E-state index in [1.807, 2.05) is 30.3 Å². The third-order valence-electron chi connectivity index (χ3n) is 3.21. The summed E-state index contributed by atoms with van der Waals surface area (Å²) in [7, 11) is 0. The molecule has 2 aromatic heterocycles. The van der Waals surface area contributed by atoms with Gasteiger partial charge in [-0.1, -0.05) is 18.2 Å². The second kappa shape index (κ2) is 5.54. The number of aromatic carboxylic acids is 1. The van der Waals surface area contributed by atoms with E-state index in [1.54, 1.807) is 36.9 Å². The Kier molecular flexibility index (Phi) is 3.43. The van der Waals surface area contributed by atoms with Crippen LogP contribution in [0, 0.1) is 0 Å². The summed E-state index contributed by atoms with van der Waals surface area (Å²) in [5.41, 5.74) is 3.83. The molecule has 0 aliphatic rings. The monoisotopic (exact) mass is 276 g/mol. The maximum atomic E-state index is 11.2. The molecule has 0 radical (unpaired) electrons. The van der Waals surface area contributed by atoms with Crippen LogP contribution in [-0.4, -0.2) is 21.0 Å². The minimum absolute atomic E-state index is 0.251. The van der Waals surface area contributed by atoms with Gasteiger partial charge in [-0.25, -0.2) is 4.79 Å². The van der Waals surface area contributed by atoms with Gasteiger partial charge in [0.1, 0.15) is 0 Å². The lowest BCUT2D eigenvalue weighted by atomic mass is 9.94. The van der Waals surface area contributed by atoms with Crippen LogP contribution in [0.2, 0.25) is 0 Å². The number of nitrogens with zero attached hydrogens (tertiary/aromatic N) is 2. The van der Waals surface area contributed by atoms with Crippen molar-refractivity contribution in [2.75, 3.05) is 0 Å². The third kappa shape index (κ3) is 2.65. The molecule has 1 N–H and O–H groups in total. The summed E-state index contributed by atoms with van der Waals surface area (Å²) in [6.07, 6.45) is 6.88. The zero-order valence-corrected chi connectivity index (χ0v) is 11.1. The molecule has 102 valence electrons. The SMILES string of the molecule is O=C(O)c1ccc(-c2cccnc2)c(-c2cccnc2)c1. The number of carboxylic acid groups (broad SMARTS) is 1. The number of carboxylic acids is 1. The van der Waals surface area contributed by atoms with E-state index in [9.17, 15) is 9.90 Å². The smallest absolute Gasteiger partial charge is 0.335 e. The Morgan fingerprint density at radius 1 is 0.857 bits per heavy atom. The van der Waals surface area contributed by atoms with Crippen LogP contribution in [0.3, 0.4) is 0 Å². The summed E-state index contributed by atoms with van der Waals surface area (Å²) in [6, 6.07) is 12.6. The lowest BCUT2D eigenvalue weighted by Crippen LogP contribution is -1.97. The molecule has 0 aliphatic heterocycles. The molecule has 0 amide bonds. The first-order valence-electron chi connectivity index (χ1n) is 6.44. The maximum Gasteiger partial charge on any atom is 0.335 e. The van der Waals surface area contributed by atoms with Crippen molar-refractivity contribution >= 4 is 5.97 Å². The van der Waals surface area contributed by atoms with Crippen molar-refractivity contribution in [1.29, 1.82) is 0 Å². The van der Waals surface area contributed by atoms with Gasteiger partial charge in [0.05, 0.1) is 5.56 Å². The Hall–Kier alpha value is -3.01. The van der Waals surface area contributed by atoms with Crippen LogP contribution < -0.4 is 0 Å². The molecule has 0 atom stereocenters. The molecule has 0 bridgehead atoms. The highest BCUT2D eigenvalue weighted by atomic mass is 16.4. The van der Waals surface area contributed by atoms with E-state index < -0.39 is 5.97 Å². The lowest BCUT2D eigenvalue weighted by molar-refractivity contribution is 0.0697. The molecule has 0 spiro atoms. The van der Waals surface area contributed by atoms with Crippen LogP contribution in [0.25, 0.3) is 22.3 Å². The highest BCUT2D eigenvalue weighted by molar-refractivity contribution is 5.93. The second-order valence-corrected chi connectivity index (χ2v) is 4.55. The minimum atomic E-state index is -0.946. The summed E-state index contributed by atoms with van der Waals surface area (Å²) in [4.78, 5) is 19.4. The number of hydrogen-bond donors (Lipinski definition) is 1. The molecular formula is C17H12N2O2. The fourth-order valence-electron chi connectivity index (χ4n) is 2.21. The van der Waals surface area contributed by atoms with Crippen molar-refractivity contribution in [2.45, 2.75) is 0 Å². The molecule has 0 saturated carbocycles. The van der Waals surface area contributed by atoms with Crippen LogP contribution in [-0.2, 0) is 0 Å². The summed E-state index contributed by atoms with van der Waals surface area (Å²) >= 11 is 0. The van der Waals surface area contributed by atoms with Gasteiger partial charge in [0, 0.05) is 35.9 Å². The van der Waals surface area contributed by atoms with Crippen molar-refractivity contribution in [3.8, 4) is 22.3 Å². The van der Waals surface area contributed by atoms with Crippen molar-refractivity contribution in [3.63, 3.8) is 0 Å². The Balaban J connectivity index is 2.23. The molecule has 21 heavy (non-hydrogen) atoms. The number of benzene rings is 1. The van der Waals surface area contributed by atoms with Gasteiger partial charge in [-0.2, -0.15) is 0 Å². The zero-order chi connectivity index (χ0) is 14.7. The van der Waals surface area contributed by atoms with E-state index in [4.69, 9.17) is 0 Å². The van der Waals surface area contributed by atoms with E-state index in [2.05, 4.69) is 9.97 Å². The van der Waals surface area contributed by atoms with Crippen LogP contribution in [0.1, 0.15) is 10.4 Å². The lowest BCUT2D eigenvalue weighted by Gasteiger charge is -2.10. The number of carbonyl (C=O) groups is 1. The van der Waals surface area contributed by atoms with Gasteiger partial charge in [-0.05, 0) is 35.4 Å². The van der Waals surface area contributed by atoms with Gasteiger partial charge in [0.25, 0.3) is 0 Å². The van der Waals surface area contributed by atoms with Crippen LogP contribution in [0.4, 0.5) is 0 Å². The van der Waals surface area contributed by atoms with Gasteiger partial charge < -0.3 is 5.11 Å². The van der Waals surface area contributed by atoms with E-state index >= 15 is 0 Å². The molecule has 4 nitrogen and oxygen atoms in total. The second-order valence-electron chi connectivity index (χ2n) is 4.55. The molecule has 0 fully saturated rings. The summed E-state index contributed by atoms with van der Waals surface area (Å²) in [6.45, 7) is 0. The van der Waals surface area contributed by atoms with Crippen LogP contribution >= 0.6 is 0 Å². The predicted octanol–water partition coefficient (Wildman–Crippen LogP) is 3.51. The molecule has 3 aromatic rings. The first-order chi connectivity index (χ1) is 10.3. The largest absolute Gasteiger partial charge is 0.478 e. The van der Waals surface area contributed by atoms with Gasteiger partial charge in [0.15, 0.2) is 0 Å². The molecule has 0 aliphatic carbocycles. The van der Waals surface area contributed by atoms with Gasteiger partial charge in [0.2, 0.25) is 0 Å². The number of aromatic nitrogens is 2. The van der Waals surface area contributed by atoms with E-state index in [0.29, 0.717) is 0 Å². The average molecular weight is 276 g/mol. The highest BCUT2D eigenvalue weighted by Crippen LogP contribution is 2.32. The van der Waals surface area contributed by atoms with Crippen molar-refractivity contribution in [3.05, 3.63) is 72.8 Å². The molecule has 4 heteroatoms. The fourth-order valence-corrected chi connectivity index (χ4v) is 2.21. The number of hydrogen-bond acceptors (Lipinski definition) is 3. The topological polar surface area (TPSA) is 63.1 Å². The summed E-state index contributed by atoms with van der Waals surface area (Å²) in [5, 5.41) is 9.19. The Bertz CT molecular complexity index is 771. The first kappa shape index (κ1) is 13.0. The molecular weight excluding hydrogens is 264 g/mol. The Labute approximate surface area is 121 Å². The standard InChI is InChI=1S/C17H12N2O2/c20-17(21)12-5-6-15(13-3-1-7-18-10-13)16(9-12)14-4-2-8-19-11-14/h1-11H,(H,20,21). The Morgan fingerprint density at radius 2 is 1.48 bits per heavy atom. The van der Waals surface area contributed by atoms with E-state index in [-0.39, 0.29) is 5.56 Å². The van der Waals surface area contributed by atoms with Crippen molar-refractivity contribution in [1.82, 2.24) is 9.97 Å². The maximum absolute atomic E-state index is 11.2. The molecule has 1 aromatic carbocycles. The highest BCUT2D eigenvalue weighted by Gasteiger charge is 2.11. The zero-order valence-electron chi connectivity index (χ0n) is 11.1. The predicted molar refractivity (Wildman–Crippen MR) is 79.9 cm³/mol. The molecule has 0 unspecified atom stereocenters. The van der Waals surface area contributed by atoms with Crippen molar-refractivity contribution in [2.24, 2.45) is 0 Å². The summed E-state index contributed by atoms with van der Waals surface area (Å²) in [5.74, 6) is -0.946. The Morgan fingerprint density at radius 3 is 2.00 bits per heavy atom. The van der Waals surface area contributed by atoms with Crippen molar-refractivity contribution < 1.29 is 9.90 Å². The minimum Gasteiger partial charge on any atom is -0.478 e. The number of pyridine rings is 2. The fraction of sp³-hybridized carbons (Fsp3) is 0.